The minimum atomic E-state index is -1.14. The van der Waals surface area contributed by atoms with Gasteiger partial charge in [-0.25, -0.2) is 9.59 Å². The van der Waals surface area contributed by atoms with Crippen LogP contribution in [0.2, 0.25) is 0 Å². The fraction of sp³-hybridized carbons (Fsp3) is 0.227. The zero-order valence-corrected chi connectivity index (χ0v) is 15.9. The molecule has 1 atom stereocenters. The molecule has 1 N–H and O–H groups in total. The lowest BCUT2D eigenvalue weighted by Crippen LogP contribution is -2.40. The first kappa shape index (κ1) is 18.0. The number of aryl methyl sites for hydroxylation is 2. The van der Waals surface area contributed by atoms with Gasteiger partial charge in [0.25, 0.3) is 5.91 Å². The first-order valence-corrected chi connectivity index (χ1v) is 9.02. The maximum absolute atomic E-state index is 13.1. The van der Waals surface area contributed by atoms with Crippen LogP contribution in [0.4, 0.5) is 4.79 Å². The molecule has 0 saturated carbocycles. The van der Waals surface area contributed by atoms with Gasteiger partial charge >= 0.3 is 11.7 Å². The second-order valence-electron chi connectivity index (χ2n) is 7.40. The van der Waals surface area contributed by atoms with Crippen molar-refractivity contribution in [1.29, 1.82) is 0 Å². The number of benzene rings is 2. The highest BCUT2D eigenvalue weighted by molar-refractivity contribution is 6.07. The van der Waals surface area contributed by atoms with Crippen molar-refractivity contribution < 1.29 is 14.0 Å². The summed E-state index contributed by atoms with van der Waals surface area (Å²) in [6.07, 6.45) is 0. The predicted molar refractivity (Wildman–Crippen MR) is 105 cm³/mol. The Bertz CT molecular complexity index is 1160. The number of imide groups is 1. The van der Waals surface area contributed by atoms with E-state index >= 15 is 0 Å². The highest BCUT2D eigenvalue weighted by Gasteiger charge is 2.48. The highest BCUT2D eigenvalue weighted by Crippen LogP contribution is 2.31. The molecule has 142 valence electrons. The van der Waals surface area contributed by atoms with Crippen molar-refractivity contribution >= 4 is 22.9 Å². The molecular weight excluding hydrogens is 356 g/mol. The number of nitrogens with zero attached hydrogens (tertiary/aromatic N) is 1. The van der Waals surface area contributed by atoms with Crippen LogP contribution in [0.3, 0.4) is 0 Å². The van der Waals surface area contributed by atoms with E-state index in [1.165, 1.54) is 6.07 Å². The van der Waals surface area contributed by atoms with Crippen molar-refractivity contribution in [3.63, 3.8) is 0 Å². The number of nitrogens with one attached hydrogen (secondary N) is 1. The van der Waals surface area contributed by atoms with Crippen LogP contribution in [-0.4, -0.2) is 16.8 Å². The second kappa shape index (κ2) is 6.34. The van der Waals surface area contributed by atoms with Crippen LogP contribution in [0.15, 0.2) is 57.7 Å². The molecule has 1 saturated heterocycles. The summed E-state index contributed by atoms with van der Waals surface area (Å²) >= 11 is 0. The molecule has 0 unspecified atom stereocenters. The van der Waals surface area contributed by atoms with E-state index in [9.17, 15) is 14.4 Å². The number of hydrogen-bond donors (Lipinski definition) is 1. The third kappa shape index (κ3) is 2.87. The number of carbonyl (C=O) groups excluding carboxylic acids is 2. The van der Waals surface area contributed by atoms with Crippen LogP contribution in [0.1, 0.15) is 29.2 Å². The Hall–Kier alpha value is -3.41. The van der Waals surface area contributed by atoms with Crippen LogP contribution in [0.25, 0.3) is 11.0 Å². The van der Waals surface area contributed by atoms with E-state index in [1.54, 1.807) is 13.0 Å². The number of carbonyl (C=O) groups is 2. The maximum Gasteiger partial charge on any atom is 0.336 e. The van der Waals surface area contributed by atoms with Crippen LogP contribution in [0.5, 0.6) is 0 Å². The molecule has 1 aliphatic rings. The standard InChI is InChI=1S/C22H20N2O4/c1-13-4-7-16(8-5-13)22(3)20(26)24(21(27)23-22)12-15-11-19(25)28-18-10-14(2)6-9-17(15)18/h4-11H,12H2,1-3H3,(H,23,27)/t22-/m1/s1. The van der Waals surface area contributed by atoms with E-state index < -0.39 is 17.2 Å². The molecule has 1 fully saturated rings. The van der Waals surface area contributed by atoms with Gasteiger partial charge in [-0.3, -0.25) is 9.69 Å². The van der Waals surface area contributed by atoms with Gasteiger partial charge in [0.05, 0.1) is 6.54 Å². The van der Waals surface area contributed by atoms with Gasteiger partial charge in [0.1, 0.15) is 11.1 Å². The number of urea groups is 1. The lowest BCUT2D eigenvalue weighted by atomic mass is 9.91. The monoisotopic (exact) mass is 376 g/mol. The molecule has 28 heavy (non-hydrogen) atoms. The third-order valence-corrected chi connectivity index (χ3v) is 5.22. The molecule has 0 spiro atoms. The Kier molecular flexibility index (Phi) is 4.07. The molecule has 2 aromatic carbocycles. The molecule has 3 amide bonds. The molecule has 1 aliphatic heterocycles. The van der Waals surface area contributed by atoms with Gasteiger partial charge in [-0.05, 0) is 43.5 Å². The zero-order chi connectivity index (χ0) is 20.1. The van der Waals surface area contributed by atoms with Gasteiger partial charge in [-0.2, -0.15) is 0 Å². The Morgan fingerprint density at radius 2 is 1.64 bits per heavy atom. The summed E-state index contributed by atoms with van der Waals surface area (Å²) in [6, 6.07) is 13.8. The SMILES string of the molecule is Cc1ccc([C@@]2(C)NC(=O)N(Cc3cc(=O)oc4cc(C)ccc34)C2=O)cc1. The Balaban J connectivity index is 1.72. The second-order valence-corrected chi connectivity index (χ2v) is 7.40. The lowest BCUT2D eigenvalue weighted by molar-refractivity contribution is -0.131. The molecule has 6 heteroatoms. The molecule has 6 nitrogen and oxygen atoms in total. The van der Waals surface area contributed by atoms with Crippen molar-refractivity contribution in [3.05, 3.63) is 81.2 Å². The number of amides is 3. The molecule has 3 aromatic rings. The topological polar surface area (TPSA) is 79.6 Å². The largest absolute Gasteiger partial charge is 0.423 e. The fourth-order valence-corrected chi connectivity index (χ4v) is 3.56. The third-order valence-electron chi connectivity index (χ3n) is 5.22. The summed E-state index contributed by atoms with van der Waals surface area (Å²) in [4.78, 5) is 38.9. The van der Waals surface area contributed by atoms with Crippen molar-refractivity contribution in [3.8, 4) is 0 Å². The van der Waals surface area contributed by atoms with Gasteiger partial charge in [0, 0.05) is 11.5 Å². The van der Waals surface area contributed by atoms with Crippen molar-refractivity contribution in [2.45, 2.75) is 32.9 Å². The van der Waals surface area contributed by atoms with Crippen molar-refractivity contribution in [1.82, 2.24) is 10.2 Å². The van der Waals surface area contributed by atoms with Crippen LogP contribution in [-0.2, 0) is 16.9 Å². The molecule has 0 aliphatic carbocycles. The van der Waals surface area contributed by atoms with Gasteiger partial charge in [-0.1, -0.05) is 42.0 Å². The first-order valence-electron chi connectivity index (χ1n) is 9.02. The van der Waals surface area contributed by atoms with Gasteiger partial charge in [-0.15, -0.1) is 0 Å². The van der Waals surface area contributed by atoms with E-state index in [0.29, 0.717) is 22.1 Å². The highest BCUT2D eigenvalue weighted by atomic mass is 16.4. The van der Waals surface area contributed by atoms with E-state index in [4.69, 9.17) is 4.42 Å². The summed E-state index contributed by atoms with van der Waals surface area (Å²) in [7, 11) is 0. The van der Waals surface area contributed by atoms with Crippen LogP contribution in [0, 0.1) is 13.8 Å². The molecule has 0 radical (unpaired) electrons. The molecule has 4 rings (SSSR count). The Morgan fingerprint density at radius 3 is 2.36 bits per heavy atom. The molecule has 0 bridgehead atoms. The molecular formula is C22H20N2O4. The smallest absolute Gasteiger partial charge is 0.336 e. The Morgan fingerprint density at radius 1 is 0.964 bits per heavy atom. The van der Waals surface area contributed by atoms with Gasteiger partial charge in [0.2, 0.25) is 0 Å². The van der Waals surface area contributed by atoms with Crippen molar-refractivity contribution in [2.24, 2.45) is 0 Å². The summed E-state index contributed by atoms with van der Waals surface area (Å²) in [5.41, 5.74) is 2.09. The summed E-state index contributed by atoms with van der Waals surface area (Å²) in [6.45, 7) is 5.55. The molecule has 1 aromatic heterocycles. The van der Waals surface area contributed by atoms with Crippen LogP contribution >= 0.6 is 0 Å². The number of rotatable bonds is 3. The van der Waals surface area contributed by atoms with Gasteiger partial charge in [0.15, 0.2) is 0 Å². The summed E-state index contributed by atoms with van der Waals surface area (Å²) < 4.78 is 5.26. The summed E-state index contributed by atoms with van der Waals surface area (Å²) in [5.74, 6) is -0.352. The van der Waals surface area contributed by atoms with E-state index in [1.807, 2.05) is 50.2 Å². The average Bonchev–Trinajstić information content (AvgIpc) is 2.85. The number of fused-ring (bicyclic) bond motifs is 1. The average molecular weight is 376 g/mol. The van der Waals surface area contributed by atoms with Gasteiger partial charge < -0.3 is 9.73 Å². The van der Waals surface area contributed by atoms with E-state index in [0.717, 1.165) is 16.0 Å². The fourth-order valence-electron chi connectivity index (χ4n) is 3.56. The minimum Gasteiger partial charge on any atom is -0.423 e. The maximum atomic E-state index is 13.1. The zero-order valence-electron chi connectivity index (χ0n) is 15.9. The lowest BCUT2D eigenvalue weighted by Gasteiger charge is -2.22. The molecule has 2 heterocycles. The summed E-state index contributed by atoms with van der Waals surface area (Å²) in [5, 5.41) is 3.50. The first-order chi connectivity index (χ1) is 13.3. The predicted octanol–water partition coefficient (Wildman–Crippen LogP) is 3.38. The van der Waals surface area contributed by atoms with Crippen molar-refractivity contribution in [2.75, 3.05) is 0 Å². The normalized spacial score (nSPS) is 19.3. The quantitative estimate of drug-likeness (QED) is 0.561. The van der Waals surface area contributed by atoms with E-state index in [2.05, 4.69) is 5.32 Å². The van der Waals surface area contributed by atoms with Crippen LogP contribution < -0.4 is 10.9 Å². The Labute approximate surface area is 161 Å². The number of hydrogen-bond acceptors (Lipinski definition) is 4. The van der Waals surface area contributed by atoms with E-state index in [-0.39, 0.29) is 12.5 Å². The minimum absolute atomic E-state index is 0.00270.